The highest BCUT2D eigenvalue weighted by Crippen LogP contribution is 2.23. The molecule has 102 valence electrons. The lowest BCUT2D eigenvalue weighted by Crippen LogP contribution is -2.15. The van der Waals surface area contributed by atoms with Gasteiger partial charge in [-0.15, -0.1) is 0 Å². The fraction of sp³-hybridized carbons (Fsp3) is 0.571. The quantitative estimate of drug-likeness (QED) is 0.688. The first-order valence-corrected chi connectivity index (χ1v) is 7.30. The first-order chi connectivity index (χ1) is 8.77. The Labute approximate surface area is 118 Å². The van der Waals surface area contributed by atoms with E-state index in [-0.39, 0.29) is 6.61 Å². The van der Waals surface area contributed by atoms with Crippen molar-refractivity contribution in [1.82, 2.24) is 5.32 Å². The third kappa shape index (κ3) is 5.85. The van der Waals surface area contributed by atoms with E-state index in [1.807, 2.05) is 12.1 Å². The highest BCUT2D eigenvalue weighted by molar-refractivity contribution is 9.10. The molecule has 0 amide bonds. The molecule has 0 radical (unpaired) electrons. The Bertz CT molecular complexity index is 345. The molecule has 0 aromatic heterocycles. The van der Waals surface area contributed by atoms with Gasteiger partial charge in [0.2, 0.25) is 0 Å². The van der Waals surface area contributed by atoms with Gasteiger partial charge in [0, 0.05) is 23.2 Å². The van der Waals surface area contributed by atoms with E-state index in [1.165, 1.54) is 5.56 Å². The SMILES string of the molecule is CCCNCc1cc(Br)ccc1OCCCCO. The van der Waals surface area contributed by atoms with E-state index in [0.29, 0.717) is 6.61 Å². The second kappa shape index (κ2) is 9.36. The smallest absolute Gasteiger partial charge is 0.123 e. The Kier molecular flexibility index (Phi) is 8.05. The fourth-order valence-corrected chi connectivity index (χ4v) is 2.03. The van der Waals surface area contributed by atoms with E-state index in [1.54, 1.807) is 0 Å². The van der Waals surface area contributed by atoms with Crippen LogP contribution in [0, 0.1) is 0 Å². The van der Waals surface area contributed by atoms with E-state index in [9.17, 15) is 0 Å². The van der Waals surface area contributed by atoms with Crippen LogP contribution in [0.4, 0.5) is 0 Å². The molecule has 1 rings (SSSR count). The molecule has 0 aliphatic heterocycles. The maximum absolute atomic E-state index is 8.73. The van der Waals surface area contributed by atoms with Gasteiger partial charge in [-0.3, -0.25) is 0 Å². The molecule has 4 heteroatoms. The zero-order valence-electron chi connectivity index (χ0n) is 10.9. The van der Waals surface area contributed by atoms with Crippen molar-refractivity contribution in [3.8, 4) is 5.75 Å². The van der Waals surface area contributed by atoms with Gasteiger partial charge in [0.05, 0.1) is 6.61 Å². The second-order valence-corrected chi connectivity index (χ2v) is 5.12. The number of nitrogens with one attached hydrogen (secondary N) is 1. The predicted octanol–water partition coefficient (Wildman–Crippen LogP) is 3.10. The van der Waals surface area contributed by atoms with Gasteiger partial charge in [0.25, 0.3) is 0 Å². The third-order valence-electron chi connectivity index (χ3n) is 2.57. The van der Waals surface area contributed by atoms with Gasteiger partial charge >= 0.3 is 0 Å². The molecule has 0 heterocycles. The number of rotatable bonds is 9. The first kappa shape index (κ1) is 15.5. The van der Waals surface area contributed by atoms with Crippen LogP contribution in [0.3, 0.4) is 0 Å². The molecule has 3 nitrogen and oxygen atoms in total. The average molecular weight is 316 g/mol. The molecular formula is C14H22BrNO2. The van der Waals surface area contributed by atoms with Crippen molar-refractivity contribution >= 4 is 15.9 Å². The molecule has 0 fully saturated rings. The number of halogens is 1. The molecule has 1 aromatic carbocycles. The summed E-state index contributed by atoms with van der Waals surface area (Å²) in [7, 11) is 0. The molecule has 0 aliphatic carbocycles. The maximum atomic E-state index is 8.73. The van der Waals surface area contributed by atoms with Crippen molar-refractivity contribution in [2.75, 3.05) is 19.8 Å². The summed E-state index contributed by atoms with van der Waals surface area (Å²) in [4.78, 5) is 0. The number of benzene rings is 1. The summed E-state index contributed by atoms with van der Waals surface area (Å²) in [6.45, 7) is 4.87. The van der Waals surface area contributed by atoms with Crippen LogP contribution < -0.4 is 10.1 Å². The molecule has 0 saturated heterocycles. The summed E-state index contributed by atoms with van der Waals surface area (Å²) in [5, 5.41) is 12.1. The van der Waals surface area contributed by atoms with Crippen molar-refractivity contribution in [1.29, 1.82) is 0 Å². The molecule has 0 atom stereocenters. The summed E-state index contributed by atoms with van der Waals surface area (Å²) < 4.78 is 6.82. The minimum atomic E-state index is 0.231. The van der Waals surface area contributed by atoms with Crippen LogP contribution in [0.25, 0.3) is 0 Å². The molecule has 0 aliphatic rings. The van der Waals surface area contributed by atoms with Crippen LogP contribution >= 0.6 is 15.9 Å². The molecule has 0 unspecified atom stereocenters. The zero-order valence-corrected chi connectivity index (χ0v) is 12.5. The Morgan fingerprint density at radius 2 is 2.17 bits per heavy atom. The molecule has 1 aromatic rings. The van der Waals surface area contributed by atoms with Crippen LogP contribution in [0.15, 0.2) is 22.7 Å². The van der Waals surface area contributed by atoms with E-state index < -0.39 is 0 Å². The van der Waals surface area contributed by atoms with Crippen LogP contribution in [-0.2, 0) is 6.54 Å². The van der Waals surface area contributed by atoms with Crippen LogP contribution in [0.1, 0.15) is 31.7 Å². The number of hydrogen-bond donors (Lipinski definition) is 2. The average Bonchev–Trinajstić information content (AvgIpc) is 2.37. The summed E-state index contributed by atoms with van der Waals surface area (Å²) >= 11 is 3.48. The van der Waals surface area contributed by atoms with Gasteiger partial charge in [-0.1, -0.05) is 22.9 Å². The van der Waals surface area contributed by atoms with E-state index >= 15 is 0 Å². The summed E-state index contributed by atoms with van der Waals surface area (Å²) in [6.07, 6.45) is 2.80. The molecule has 2 N–H and O–H groups in total. The first-order valence-electron chi connectivity index (χ1n) is 6.50. The molecular weight excluding hydrogens is 294 g/mol. The number of aliphatic hydroxyl groups is 1. The summed E-state index contributed by atoms with van der Waals surface area (Å²) in [5.74, 6) is 0.930. The van der Waals surface area contributed by atoms with Crippen molar-refractivity contribution in [2.45, 2.75) is 32.7 Å². The fourth-order valence-electron chi connectivity index (χ4n) is 1.62. The standard InChI is InChI=1S/C14H22BrNO2/c1-2-7-16-11-12-10-13(15)5-6-14(12)18-9-4-3-8-17/h5-6,10,16-17H,2-4,7-9,11H2,1H3. The minimum Gasteiger partial charge on any atom is -0.493 e. The molecule has 0 saturated carbocycles. The normalized spacial score (nSPS) is 10.6. The van der Waals surface area contributed by atoms with Crippen LogP contribution in [0.5, 0.6) is 5.75 Å². The lowest BCUT2D eigenvalue weighted by molar-refractivity contribution is 0.252. The molecule has 0 spiro atoms. The Hall–Kier alpha value is -0.580. The van der Waals surface area contributed by atoms with Crippen LogP contribution in [-0.4, -0.2) is 24.9 Å². The number of ether oxygens (including phenoxy) is 1. The largest absolute Gasteiger partial charge is 0.493 e. The van der Waals surface area contributed by atoms with Crippen molar-refractivity contribution < 1.29 is 9.84 Å². The van der Waals surface area contributed by atoms with Crippen molar-refractivity contribution in [3.63, 3.8) is 0 Å². The van der Waals surface area contributed by atoms with Crippen molar-refractivity contribution in [2.24, 2.45) is 0 Å². The van der Waals surface area contributed by atoms with Gasteiger partial charge in [-0.25, -0.2) is 0 Å². The zero-order chi connectivity index (χ0) is 13.2. The van der Waals surface area contributed by atoms with E-state index in [4.69, 9.17) is 9.84 Å². The summed E-state index contributed by atoms with van der Waals surface area (Å²) in [5.41, 5.74) is 1.17. The maximum Gasteiger partial charge on any atom is 0.123 e. The minimum absolute atomic E-state index is 0.231. The Morgan fingerprint density at radius 1 is 1.33 bits per heavy atom. The van der Waals surface area contributed by atoms with Gasteiger partial charge in [-0.05, 0) is 44.0 Å². The Morgan fingerprint density at radius 3 is 2.89 bits per heavy atom. The summed E-state index contributed by atoms with van der Waals surface area (Å²) in [6, 6.07) is 6.07. The lowest BCUT2D eigenvalue weighted by atomic mass is 10.2. The van der Waals surface area contributed by atoms with Crippen LogP contribution in [0.2, 0.25) is 0 Å². The van der Waals surface area contributed by atoms with Gasteiger partial charge in [0.1, 0.15) is 5.75 Å². The number of unbranched alkanes of at least 4 members (excludes halogenated alkanes) is 1. The number of aliphatic hydroxyl groups excluding tert-OH is 1. The van der Waals surface area contributed by atoms with E-state index in [2.05, 4.69) is 34.2 Å². The monoisotopic (exact) mass is 315 g/mol. The lowest BCUT2D eigenvalue weighted by Gasteiger charge is -2.12. The van der Waals surface area contributed by atoms with Gasteiger partial charge in [-0.2, -0.15) is 0 Å². The van der Waals surface area contributed by atoms with Crippen molar-refractivity contribution in [3.05, 3.63) is 28.2 Å². The van der Waals surface area contributed by atoms with Gasteiger partial charge < -0.3 is 15.2 Å². The third-order valence-corrected chi connectivity index (χ3v) is 3.07. The van der Waals surface area contributed by atoms with E-state index in [0.717, 1.165) is 42.6 Å². The molecule has 18 heavy (non-hydrogen) atoms. The number of hydrogen-bond acceptors (Lipinski definition) is 3. The van der Waals surface area contributed by atoms with Gasteiger partial charge in [0.15, 0.2) is 0 Å². The topological polar surface area (TPSA) is 41.5 Å². The highest BCUT2D eigenvalue weighted by Gasteiger charge is 2.04. The Balaban J connectivity index is 2.52. The highest BCUT2D eigenvalue weighted by atomic mass is 79.9. The molecule has 0 bridgehead atoms. The second-order valence-electron chi connectivity index (χ2n) is 4.21. The predicted molar refractivity (Wildman–Crippen MR) is 78.0 cm³/mol.